The van der Waals surface area contributed by atoms with Crippen molar-refractivity contribution >= 4 is 33.7 Å². The molecule has 8 heteroatoms. The standard InChI is InChI=1S/C16H15BrFNO5/c1-9(20)23-15-13(22)14(10-4-2-5-11(18)8-10)24-16(15)19-12(21)6-3-7-17/h2,4-5,8,22H,3,6-7H2,1H3,(H,19,21). The van der Waals surface area contributed by atoms with Crippen molar-refractivity contribution < 1.29 is 28.2 Å². The maximum Gasteiger partial charge on any atom is 0.308 e. The summed E-state index contributed by atoms with van der Waals surface area (Å²) in [6.45, 7) is 1.14. The van der Waals surface area contributed by atoms with Crippen LogP contribution in [0.2, 0.25) is 0 Å². The van der Waals surface area contributed by atoms with Gasteiger partial charge in [0, 0.05) is 24.2 Å². The Bertz CT molecular complexity index is 759. The van der Waals surface area contributed by atoms with Gasteiger partial charge in [-0.3, -0.25) is 14.9 Å². The molecule has 6 nitrogen and oxygen atoms in total. The van der Waals surface area contributed by atoms with Crippen LogP contribution >= 0.6 is 15.9 Å². The molecule has 128 valence electrons. The number of amides is 1. The van der Waals surface area contributed by atoms with Crippen LogP contribution in [0.5, 0.6) is 11.5 Å². The third-order valence-electron chi connectivity index (χ3n) is 2.96. The molecule has 0 fully saturated rings. The summed E-state index contributed by atoms with van der Waals surface area (Å²) in [4.78, 5) is 23.1. The molecule has 0 bridgehead atoms. The van der Waals surface area contributed by atoms with E-state index in [4.69, 9.17) is 9.15 Å². The first-order valence-electron chi connectivity index (χ1n) is 7.08. The number of halogens is 2. The molecular formula is C16H15BrFNO5. The van der Waals surface area contributed by atoms with E-state index in [1.54, 1.807) is 0 Å². The number of nitrogens with one attached hydrogen (secondary N) is 1. The summed E-state index contributed by atoms with van der Waals surface area (Å²) in [6.07, 6.45) is 0.805. The number of furan rings is 1. The second-order valence-electron chi connectivity index (χ2n) is 4.88. The third kappa shape index (κ3) is 4.35. The van der Waals surface area contributed by atoms with E-state index in [1.807, 2.05) is 0 Å². The minimum absolute atomic E-state index is 0.110. The molecule has 2 rings (SSSR count). The number of aromatic hydroxyl groups is 1. The Kier molecular flexibility index (Phi) is 5.97. The van der Waals surface area contributed by atoms with Crippen LogP contribution in [0.15, 0.2) is 28.7 Å². The Morgan fingerprint density at radius 3 is 2.79 bits per heavy atom. The van der Waals surface area contributed by atoms with Crippen LogP contribution in [0, 0.1) is 5.82 Å². The highest BCUT2D eigenvalue weighted by Crippen LogP contribution is 2.46. The van der Waals surface area contributed by atoms with Gasteiger partial charge in [0.25, 0.3) is 0 Å². The van der Waals surface area contributed by atoms with E-state index in [-0.39, 0.29) is 35.3 Å². The predicted octanol–water partition coefficient (Wildman–Crippen LogP) is 3.83. The fraction of sp³-hybridized carbons (Fsp3) is 0.250. The number of benzene rings is 1. The van der Waals surface area contributed by atoms with Crippen molar-refractivity contribution in [3.8, 4) is 22.8 Å². The van der Waals surface area contributed by atoms with Crippen molar-refractivity contribution in [2.75, 3.05) is 10.6 Å². The van der Waals surface area contributed by atoms with Gasteiger partial charge in [0.05, 0.1) is 0 Å². The number of esters is 1. The van der Waals surface area contributed by atoms with E-state index in [0.29, 0.717) is 11.8 Å². The highest BCUT2D eigenvalue weighted by atomic mass is 79.9. The van der Waals surface area contributed by atoms with Gasteiger partial charge in [0.1, 0.15) is 5.82 Å². The molecule has 1 aromatic heterocycles. The van der Waals surface area contributed by atoms with E-state index in [0.717, 1.165) is 13.0 Å². The van der Waals surface area contributed by atoms with Crippen molar-refractivity contribution in [3.05, 3.63) is 30.1 Å². The number of hydrogen-bond donors (Lipinski definition) is 2. The lowest BCUT2D eigenvalue weighted by atomic mass is 10.1. The van der Waals surface area contributed by atoms with Crippen molar-refractivity contribution in [2.24, 2.45) is 0 Å². The Morgan fingerprint density at radius 1 is 1.42 bits per heavy atom. The SMILES string of the molecule is CC(=O)Oc1c(NC(=O)CCCBr)oc(-c2cccc(F)c2)c1O. The van der Waals surface area contributed by atoms with Crippen LogP contribution < -0.4 is 10.1 Å². The molecule has 0 radical (unpaired) electrons. The summed E-state index contributed by atoms with van der Waals surface area (Å²) >= 11 is 3.22. The molecule has 0 saturated carbocycles. The van der Waals surface area contributed by atoms with Gasteiger partial charge < -0.3 is 14.3 Å². The summed E-state index contributed by atoms with van der Waals surface area (Å²) in [5, 5.41) is 13.3. The van der Waals surface area contributed by atoms with Crippen LogP contribution in [0.4, 0.5) is 10.3 Å². The quantitative estimate of drug-likeness (QED) is 0.569. The molecule has 0 aliphatic carbocycles. The largest absolute Gasteiger partial charge is 0.502 e. The Hall–Kier alpha value is -2.35. The van der Waals surface area contributed by atoms with Crippen LogP contribution in [-0.4, -0.2) is 22.3 Å². The van der Waals surface area contributed by atoms with Gasteiger partial charge in [-0.1, -0.05) is 28.1 Å². The molecule has 0 spiro atoms. The van der Waals surface area contributed by atoms with Crippen molar-refractivity contribution in [2.45, 2.75) is 19.8 Å². The van der Waals surface area contributed by atoms with Crippen LogP contribution in [0.3, 0.4) is 0 Å². The zero-order chi connectivity index (χ0) is 17.7. The maximum atomic E-state index is 13.4. The van der Waals surface area contributed by atoms with Gasteiger partial charge in [-0.2, -0.15) is 0 Å². The fourth-order valence-electron chi connectivity index (χ4n) is 1.97. The Balaban J connectivity index is 2.40. The lowest BCUT2D eigenvalue weighted by Gasteiger charge is -2.04. The highest BCUT2D eigenvalue weighted by Gasteiger charge is 2.25. The number of carbonyl (C=O) groups is 2. The number of rotatable bonds is 6. The third-order valence-corrected chi connectivity index (χ3v) is 3.52. The first-order chi connectivity index (χ1) is 11.4. The minimum Gasteiger partial charge on any atom is -0.502 e. The zero-order valence-corrected chi connectivity index (χ0v) is 14.4. The minimum atomic E-state index is -0.701. The molecule has 1 aromatic carbocycles. The van der Waals surface area contributed by atoms with Gasteiger partial charge in [-0.05, 0) is 18.6 Å². The van der Waals surface area contributed by atoms with Gasteiger partial charge in [-0.15, -0.1) is 0 Å². The Labute approximate surface area is 145 Å². The Morgan fingerprint density at radius 2 is 2.17 bits per heavy atom. The molecule has 0 atom stereocenters. The normalized spacial score (nSPS) is 10.5. The number of carbonyl (C=O) groups excluding carboxylic acids is 2. The van der Waals surface area contributed by atoms with Gasteiger partial charge in [0.15, 0.2) is 5.76 Å². The topological polar surface area (TPSA) is 88.8 Å². The van der Waals surface area contributed by atoms with Crippen molar-refractivity contribution in [1.29, 1.82) is 0 Å². The molecule has 2 aromatic rings. The van der Waals surface area contributed by atoms with Gasteiger partial charge in [-0.25, -0.2) is 4.39 Å². The highest BCUT2D eigenvalue weighted by molar-refractivity contribution is 9.09. The summed E-state index contributed by atoms with van der Waals surface area (Å²) in [5.41, 5.74) is 0.238. The lowest BCUT2D eigenvalue weighted by Crippen LogP contribution is -2.12. The fourth-order valence-corrected chi connectivity index (χ4v) is 2.25. The molecule has 0 aliphatic rings. The monoisotopic (exact) mass is 399 g/mol. The smallest absolute Gasteiger partial charge is 0.308 e. The molecule has 1 heterocycles. The van der Waals surface area contributed by atoms with Crippen molar-refractivity contribution in [1.82, 2.24) is 0 Å². The van der Waals surface area contributed by atoms with E-state index in [2.05, 4.69) is 21.2 Å². The number of ether oxygens (including phenoxy) is 1. The maximum absolute atomic E-state index is 13.4. The first-order valence-corrected chi connectivity index (χ1v) is 8.20. The van der Waals surface area contributed by atoms with E-state index < -0.39 is 17.5 Å². The summed E-state index contributed by atoms with van der Waals surface area (Å²) in [6, 6.07) is 5.33. The molecule has 2 N–H and O–H groups in total. The summed E-state index contributed by atoms with van der Waals surface area (Å²) < 4.78 is 23.7. The van der Waals surface area contributed by atoms with Crippen LogP contribution in [0.25, 0.3) is 11.3 Å². The van der Waals surface area contributed by atoms with Gasteiger partial charge >= 0.3 is 5.97 Å². The van der Waals surface area contributed by atoms with Gasteiger partial charge in [0.2, 0.25) is 23.3 Å². The van der Waals surface area contributed by atoms with E-state index >= 15 is 0 Å². The van der Waals surface area contributed by atoms with Crippen LogP contribution in [0.1, 0.15) is 19.8 Å². The average Bonchev–Trinajstić information content (AvgIpc) is 2.81. The number of hydrogen-bond acceptors (Lipinski definition) is 5. The van der Waals surface area contributed by atoms with Crippen molar-refractivity contribution in [3.63, 3.8) is 0 Å². The molecule has 0 saturated heterocycles. The molecule has 1 amide bonds. The molecule has 24 heavy (non-hydrogen) atoms. The van der Waals surface area contributed by atoms with E-state index in [1.165, 1.54) is 18.2 Å². The lowest BCUT2D eigenvalue weighted by molar-refractivity contribution is -0.132. The second-order valence-corrected chi connectivity index (χ2v) is 5.68. The average molecular weight is 400 g/mol. The second kappa shape index (κ2) is 7.96. The molecule has 0 unspecified atom stereocenters. The summed E-state index contributed by atoms with van der Waals surface area (Å²) in [7, 11) is 0. The summed E-state index contributed by atoms with van der Waals surface area (Å²) in [5.74, 6) is -2.72. The number of anilines is 1. The number of alkyl halides is 1. The first kappa shape index (κ1) is 18.0. The molecular weight excluding hydrogens is 385 g/mol. The van der Waals surface area contributed by atoms with Crippen LogP contribution in [-0.2, 0) is 9.59 Å². The molecule has 0 aliphatic heterocycles. The predicted molar refractivity (Wildman–Crippen MR) is 88.7 cm³/mol. The van der Waals surface area contributed by atoms with E-state index in [9.17, 15) is 19.1 Å². The zero-order valence-electron chi connectivity index (χ0n) is 12.8.